The summed E-state index contributed by atoms with van der Waals surface area (Å²) in [6.07, 6.45) is -4.78. The standard InChI is InChI=1S/C14H11ClF4N2O2S/c1-13(2,23)10-9(14(17,18)19)20-12(24-10)21-11(22)6-3-4-8(16)7(15)5-6/h3-5,23H,1-2H3,(H,20,21,22). The van der Waals surface area contributed by atoms with Crippen LogP contribution in [0.25, 0.3) is 0 Å². The smallest absolute Gasteiger partial charge is 0.385 e. The molecule has 1 aromatic heterocycles. The van der Waals surface area contributed by atoms with Crippen LogP contribution in [0.15, 0.2) is 18.2 Å². The molecule has 0 radical (unpaired) electrons. The van der Waals surface area contributed by atoms with Crippen LogP contribution in [0.5, 0.6) is 0 Å². The number of aliphatic hydroxyl groups is 1. The summed E-state index contributed by atoms with van der Waals surface area (Å²) in [6.45, 7) is 2.36. The molecule has 10 heteroatoms. The first-order valence-corrected chi connectivity index (χ1v) is 7.66. The summed E-state index contributed by atoms with van der Waals surface area (Å²) in [5.41, 5.74) is -3.10. The Bertz CT molecular complexity index is 753. The monoisotopic (exact) mass is 382 g/mol. The van der Waals surface area contributed by atoms with Crippen LogP contribution in [-0.4, -0.2) is 16.0 Å². The van der Waals surface area contributed by atoms with Gasteiger partial charge in [0.05, 0.1) is 15.5 Å². The Morgan fingerprint density at radius 2 is 1.96 bits per heavy atom. The number of rotatable bonds is 3. The van der Waals surface area contributed by atoms with Crippen LogP contribution in [0, 0.1) is 5.82 Å². The van der Waals surface area contributed by atoms with Crippen LogP contribution >= 0.6 is 22.9 Å². The zero-order valence-corrected chi connectivity index (χ0v) is 13.9. The second-order valence-electron chi connectivity index (χ2n) is 5.34. The number of aromatic nitrogens is 1. The molecule has 2 N–H and O–H groups in total. The molecule has 0 aliphatic heterocycles. The first-order valence-electron chi connectivity index (χ1n) is 6.47. The highest BCUT2D eigenvalue weighted by atomic mass is 35.5. The lowest BCUT2D eigenvalue weighted by atomic mass is 10.1. The SMILES string of the molecule is CC(C)(O)c1sc(NC(=O)c2ccc(F)c(Cl)c2)nc1C(F)(F)F. The summed E-state index contributed by atoms with van der Waals surface area (Å²) < 4.78 is 52.1. The Morgan fingerprint density at radius 3 is 2.42 bits per heavy atom. The minimum absolute atomic E-state index is 0.0463. The van der Waals surface area contributed by atoms with Gasteiger partial charge in [0.15, 0.2) is 10.8 Å². The molecule has 0 aliphatic rings. The third-order valence-corrected chi connectivity index (χ3v) is 4.43. The van der Waals surface area contributed by atoms with Gasteiger partial charge in [0.2, 0.25) is 0 Å². The number of hydrogen-bond donors (Lipinski definition) is 2. The predicted octanol–water partition coefficient (Wildman–Crippen LogP) is 4.43. The van der Waals surface area contributed by atoms with E-state index in [0.717, 1.165) is 18.2 Å². The van der Waals surface area contributed by atoms with E-state index in [1.54, 1.807) is 0 Å². The summed E-state index contributed by atoms with van der Waals surface area (Å²) in [7, 11) is 0. The van der Waals surface area contributed by atoms with E-state index in [1.807, 2.05) is 0 Å². The largest absolute Gasteiger partial charge is 0.434 e. The Balaban J connectivity index is 2.34. The van der Waals surface area contributed by atoms with E-state index in [0.29, 0.717) is 11.3 Å². The molecule has 1 aromatic carbocycles. The topological polar surface area (TPSA) is 62.2 Å². The molecule has 1 heterocycles. The molecular weight excluding hydrogens is 372 g/mol. The number of halogens is 5. The molecule has 0 bridgehead atoms. The number of amides is 1. The van der Waals surface area contributed by atoms with Crippen molar-refractivity contribution in [2.24, 2.45) is 0 Å². The van der Waals surface area contributed by atoms with E-state index < -0.39 is 34.1 Å². The average molecular weight is 383 g/mol. The van der Waals surface area contributed by atoms with E-state index >= 15 is 0 Å². The highest BCUT2D eigenvalue weighted by molar-refractivity contribution is 7.16. The fraction of sp³-hybridized carbons (Fsp3) is 0.286. The molecule has 0 unspecified atom stereocenters. The van der Waals surface area contributed by atoms with Gasteiger partial charge in [0, 0.05) is 5.56 Å². The number of nitrogens with one attached hydrogen (secondary N) is 1. The van der Waals surface area contributed by atoms with Crippen LogP contribution in [-0.2, 0) is 11.8 Å². The maximum absolute atomic E-state index is 13.1. The maximum Gasteiger partial charge on any atom is 0.434 e. The lowest BCUT2D eigenvalue weighted by Crippen LogP contribution is -2.20. The highest BCUT2D eigenvalue weighted by Gasteiger charge is 2.41. The third-order valence-electron chi connectivity index (χ3n) is 2.85. The van der Waals surface area contributed by atoms with Crippen molar-refractivity contribution in [1.82, 2.24) is 4.98 Å². The Kier molecular flexibility index (Phi) is 4.89. The molecule has 0 spiro atoms. The quantitative estimate of drug-likeness (QED) is 0.772. The van der Waals surface area contributed by atoms with Gasteiger partial charge >= 0.3 is 6.18 Å². The molecule has 0 saturated heterocycles. The van der Waals surface area contributed by atoms with Gasteiger partial charge in [-0.2, -0.15) is 13.2 Å². The van der Waals surface area contributed by atoms with E-state index in [-0.39, 0.29) is 15.7 Å². The van der Waals surface area contributed by atoms with Crippen molar-refractivity contribution in [2.45, 2.75) is 25.6 Å². The zero-order chi connectivity index (χ0) is 18.3. The van der Waals surface area contributed by atoms with Crippen LogP contribution in [0.2, 0.25) is 5.02 Å². The molecule has 0 fully saturated rings. The number of carbonyl (C=O) groups excluding carboxylic acids is 1. The number of hydrogen-bond acceptors (Lipinski definition) is 4. The maximum atomic E-state index is 13.1. The molecule has 2 rings (SSSR count). The van der Waals surface area contributed by atoms with Crippen LogP contribution in [0.3, 0.4) is 0 Å². The third kappa shape index (κ3) is 4.03. The van der Waals surface area contributed by atoms with Gasteiger partial charge in [-0.1, -0.05) is 22.9 Å². The zero-order valence-electron chi connectivity index (χ0n) is 12.3. The van der Waals surface area contributed by atoms with Crippen molar-refractivity contribution in [3.8, 4) is 0 Å². The lowest BCUT2D eigenvalue weighted by Gasteiger charge is -2.17. The van der Waals surface area contributed by atoms with Crippen LogP contribution in [0.1, 0.15) is 34.8 Å². The highest BCUT2D eigenvalue weighted by Crippen LogP contribution is 2.41. The van der Waals surface area contributed by atoms with Gasteiger partial charge < -0.3 is 5.11 Å². The van der Waals surface area contributed by atoms with Gasteiger partial charge in [-0.3, -0.25) is 10.1 Å². The fourth-order valence-electron chi connectivity index (χ4n) is 1.79. The van der Waals surface area contributed by atoms with Gasteiger partial charge in [-0.05, 0) is 32.0 Å². The van der Waals surface area contributed by atoms with Crippen molar-refractivity contribution in [3.63, 3.8) is 0 Å². The summed E-state index contributed by atoms with van der Waals surface area (Å²) in [5.74, 6) is -1.53. The minimum Gasteiger partial charge on any atom is -0.385 e. The number of thiazole rings is 1. The van der Waals surface area contributed by atoms with Gasteiger partial charge in [0.25, 0.3) is 5.91 Å². The molecule has 130 valence electrons. The van der Waals surface area contributed by atoms with E-state index in [1.165, 1.54) is 13.8 Å². The normalized spacial score (nSPS) is 12.3. The summed E-state index contributed by atoms with van der Waals surface area (Å²) >= 11 is 6.06. The van der Waals surface area contributed by atoms with Crippen molar-refractivity contribution < 1.29 is 27.5 Å². The summed E-state index contributed by atoms with van der Waals surface area (Å²) in [4.78, 5) is 14.9. The van der Waals surface area contributed by atoms with Crippen molar-refractivity contribution in [3.05, 3.63) is 45.2 Å². The first kappa shape index (κ1) is 18.6. The number of nitrogens with zero attached hydrogens (tertiary/aromatic N) is 1. The molecule has 0 atom stereocenters. The van der Waals surface area contributed by atoms with E-state index in [2.05, 4.69) is 10.3 Å². The lowest BCUT2D eigenvalue weighted by molar-refractivity contribution is -0.143. The Morgan fingerprint density at radius 1 is 1.33 bits per heavy atom. The van der Waals surface area contributed by atoms with Gasteiger partial charge in [-0.15, -0.1) is 0 Å². The first-order chi connectivity index (χ1) is 10.9. The molecular formula is C14H11ClF4N2O2S. The fourth-order valence-corrected chi connectivity index (χ4v) is 2.95. The van der Waals surface area contributed by atoms with Gasteiger partial charge in [0.1, 0.15) is 5.82 Å². The summed E-state index contributed by atoms with van der Waals surface area (Å²) in [6, 6.07) is 3.13. The van der Waals surface area contributed by atoms with Gasteiger partial charge in [-0.25, -0.2) is 9.37 Å². The number of benzene rings is 1. The van der Waals surface area contributed by atoms with Crippen molar-refractivity contribution in [1.29, 1.82) is 0 Å². The van der Waals surface area contributed by atoms with Crippen LogP contribution < -0.4 is 5.32 Å². The van der Waals surface area contributed by atoms with Crippen molar-refractivity contribution in [2.75, 3.05) is 5.32 Å². The second kappa shape index (κ2) is 6.30. The minimum atomic E-state index is -4.78. The van der Waals surface area contributed by atoms with Crippen molar-refractivity contribution >= 4 is 34.0 Å². The summed E-state index contributed by atoms with van der Waals surface area (Å²) in [5, 5.41) is 11.4. The molecule has 2 aromatic rings. The number of carbonyl (C=O) groups is 1. The molecule has 0 aliphatic carbocycles. The molecule has 1 amide bonds. The Hall–Kier alpha value is -1.71. The Labute approximate surface area is 143 Å². The molecule has 0 saturated carbocycles. The predicted molar refractivity (Wildman–Crippen MR) is 81.7 cm³/mol. The molecule has 4 nitrogen and oxygen atoms in total. The second-order valence-corrected chi connectivity index (χ2v) is 6.74. The average Bonchev–Trinajstić information content (AvgIpc) is 2.85. The van der Waals surface area contributed by atoms with E-state index in [9.17, 15) is 27.5 Å². The van der Waals surface area contributed by atoms with Crippen LogP contribution in [0.4, 0.5) is 22.7 Å². The molecule has 24 heavy (non-hydrogen) atoms. The number of anilines is 1. The van der Waals surface area contributed by atoms with E-state index in [4.69, 9.17) is 11.6 Å². The number of alkyl halides is 3.